The minimum Gasteiger partial charge on any atom is -0.461 e. The van der Waals surface area contributed by atoms with Gasteiger partial charge in [-0.1, -0.05) is 12.1 Å². The highest BCUT2D eigenvalue weighted by Crippen LogP contribution is 2.16. The Kier molecular flexibility index (Phi) is 5.10. The Morgan fingerprint density at radius 2 is 2.29 bits per heavy atom. The fourth-order valence-corrected chi connectivity index (χ4v) is 1.87. The van der Waals surface area contributed by atoms with E-state index in [9.17, 15) is 4.79 Å². The number of furan rings is 1. The molecule has 0 aliphatic carbocycles. The van der Waals surface area contributed by atoms with Crippen LogP contribution in [0.3, 0.4) is 0 Å². The number of likely N-dealkylation sites (N-methyl/N-ethyl adjacent to an activating group) is 1. The van der Waals surface area contributed by atoms with E-state index in [2.05, 4.69) is 15.5 Å². The molecule has 0 aromatic carbocycles. The fourth-order valence-electron chi connectivity index (χ4n) is 1.87. The molecule has 1 amide bonds. The zero-order chi connectivity index (χ0) is 15.2. The second kappa shape index (κ2) is 7.03. The molecule has 7 heteroatoms. The molecule has 0 atom stereocenters. The number of hydrogen-bond donors (Lipinski definition) is 1. The van der Waals surface area contributed by atoms with Gasteiger partial charge in [-0.05, 0) is 32.5 Å². The predicted octanol–water partition coefficient (Wildman–Crippen LogP) is 1.68. The molecule has 2 heterocycles. The molecule has 0 saturated heterocycles. The maximum absolute atomic E-state index is 11.8. The Balaban J connectivity index is 1.94. The van der Waals surface area contributed by atoms with Crippen LogP contribution in [0.25, 0.3) is 11.6 Å². The molecule has 0 fully saturated rings. The summed E-state index contributed by atoms with van der Waals surface area (Å²) in [6, 6.07) is 3.66. The van der Waals surface area contributed by atoms with Crippen LogP contribution in [0.4, 0.5) is 0 Å². The molecular weight excluding hydrogens is 272 g/mol. The Morgan fingerprint density at radius 3 is 2.90 bits per heavy atom. The summed E-state index contributed by atoms with van der Waals surface area (Å²) in [4.78, 5) is 18.0. The van der Waals surface area contributed by atoms with Crippen LogP contribution in [0.1, 0.15) is 26.7 Å². The molecule has 0 aliphatic rings. The molecule has 0 aliphatic heterocycles. The number of rotatable bonds is 7. The molecule has 1 N–H and O–H groups in total. The quantitative estimate of drug-likeness (QED) is 0.835. The van der Waals surface area contributed by atoms with Crippen molar-refractivity contribution in [3.05, 3.63) is 24.3 Å². The zero-order valence-electron chi connectivity index (χ0n) is 12.5. The van der Waals surface area contributed by atoms with Gasteiger partial charge in [0.25, 0.3) is 0 Å². The molecular formula is C14H20N4O3. The number of aromatic nitrogens is 2. The van der Waals surface area contributed by atoms with E-state index in [1.54, 1.807) is 18.4 Å². The Hall–Kier alpha value is -2.15. The third-order valence-electron chi connectivity index (χ3n) is 2.83. The van der Waals surface area contributed by atoms with Gasteiger partial charge in [0.15, 0.2) is 5.76 Å². The molecule has 0 saturated carbocycles. The van der Waals surface area contributed by atoms with Crippen molar-refractivity contribution in [1.29, 1.82) is 0 Å². The van der Waals surface area contributed by atoms with Gasteiger partial charge in [0.05, 0.1) is 19.4 Å². The molecule has 0 unspecified atom stereocenters. The lowest BCUT2D eigenvalue weighted by molar-refractivity contribution is -0.122. The average molecular weight is 292 g/mol. The average Bonchev–Trinajstić information content (AvgIpc) is 3.07. The zero-order valence-corrected chi connectivity index (χ0v) is 12.5. The highest BCUT2D eigenvalue weighted by Gasteiger charge is 2.16. The van der Waals surface area contributed by atoms with Crippen molar-refractivity contribution in [2.45, 2.75) is 33.4 Å². The number of nitrogens with zero attached hydrogens (tertiary/aromatic N) is 3. The lowest BCUT2D eigenvalue weighted by atomic mass is 10.3. The molecule has 0 bridgehead atoms. The topological polar surface area (TPSA) is 84.4 Å². The number of amides is 1. The van der Waals surface area contributed by atoms with E-state index in [-0.39, 0.29) is 11.9 Å². The van der Waals surface area contributed by atoms with Crippen molar-refractivity contribution >= 4 is 5.91 Å². The van der Waals surface area contributed by atoms with Crippen molar-refractivity contribution < 1.29 is 13.7 Å². The van der Waals surface area contributed by atoms with Gasteiger partial charge in [-0.2, -0.15) is 4.98 Å². The SMILES string of the molecule is CCN(CC(=O)NC(C)C)Cc1nc(-c2ccco2)no1. The Morgan fingerprint density at radius 1 is 1.48 bits per heavy atom. The monoisotopic (exact) mass is 292 g/mol. The number of carbonyl (C=O) groups excluding carboxylic acids is 1. The highest BCUT2D eigenvalue weighted by molar-refractivity contribution is 5.78. The van der Waals surface area contributed by atoms with E-state index in [0.29, 0.717) is 37.1 Å². The van der Waals surface area contributed by atoms with Crippen LogP contribution >= 0.6 is 0 Å². The van der Waals surface area contributed by atoms with Gasteiger partial charge in [-0.25, -0.2) is 0 Å². The summed E-state index contributed by atoms with van der Waals surface area (Å²) in [5.41, 5.74) is 0. The third kappa shape index (κ3) is 4.42. The summed E-state index contributed by atoms with van der Waals surface area (Å²) in [6.45, 7) is 7.28. The van der Waals surface area contributed by atoms with Crippen molar-refractivity contribution in [2.24, 2.45) is 0 Å². The maximum Gasteiger partial charge on any atom is 0.241 e. The lowest BCUT2D eigenvalue weighted by Gasteiger charge is -2.18. The summed E-state index contributed by atoms with van der Waals surface area (Å²) >= 11 is 0. The van der Waals surface area contributed by atoms with Crippen LogP contribution in [-0.2, 0) is 11.3 Å². The lowest BCUT2D eigenvalue weighted by Crippen LogP contribution is -2.39. The molecule has 2 aromatic rings. The predicted molar refractivity (Wildman–Crippen MR) is 76.2 cm³/mol. The van der Waals surface area contributed by atoms with Crippen molar-refractivity contribution in [1.82, 2.24) is 20.4 Å². The largest absolute Gasteiger partial charge is 0.461 e. The first-order valence-electron chi connectivity index (χ1n) is 6.96. The van der Waals surface area contributed by atoms with E-state index in [1.165, 1.54) is 0 Å². The Labute approximate surface area is 123 Å². The first-order chi connectivity index (χ1) is 10.1. The second-order valence-electron chi connectivity index (χ2n) is 5.01. The normalized spacial score (nSPS) is 11.3. The first kappa shape index (κ1) is 15.2. The maximum atomic E-state index is 11.8. The molecule has 21 heavy (non-hydrogen) atoms. The minimum absolute atomic E-state index is 0.0161. The van der Waals surface area contributed by atoms with Gasteiger partial charge in [0.2, 0.25) is 17.6 Å². The van der Waals surface area contributed by atoms with Gasteiger partial charge >= 0.3 is 0 Å². The molecule has 0 radical (unpaired) electrons. The number of carbonyl (C=O) groups is 1. The molecule has 0 spiro atoms. The fraction of sp³-hybridized carbons (Fsp3) is 0.500. The molecule has 2 aromatic heterocycles. The third-order valence-corrected chi connectivity index (χ3v) is 2.83. The van der Waals surface area contributed by atoms with Crippen molar-refractivity contribution in [3.63, 3.8) is 0 Å². The second-order valence-corrected chi connectivity index (χ2v) is 5.01. The molecule has 2 rings (SSSR count). The number of nitrogens with one attached hydrogen (secondary N) is 1. The van der Waals surface area contributed by atoms with E-state index in [1.807, 2.05) is 25.7 Å². The van der Waals surface area contributed by atoms with Crippen molar-refractivity contribution in [2.75, 3.05) is 13.1 Å². The van der Waals surface area contributed by atoms with Crippen LogP contribution in [0.15, 0.2) is 27.3 Å². The van der Waals surface area contributed by atoms with Gasteiger partial charge in [-0.15, -0.1) is 0 Å². The summed E-state index contributed by atoms with van der Waals surface area (Å²) < 4.78 is 10.4. The van der Waals surface area contributed by atoms with Gasteiger partial charge in [0, 0.05) is 6.04 Å². The van der Waals surface area contributed by atoms with Crippen LogP contribution in [0, 0.1) is 0 Å². The van der Waals surface area contributed by atoms with E-state index < -0.39 is 0 Å². The van der Waals surface area contributed by atoms with Crippen LogP contribution in [0.2, 0.25) is 0 Å². The standard InChI is InChI=1S/C14H20N4O3/c1-4-18(8-12(19)15-10(2)3)9-13-16-14(17-21-13)11-6-5-7-20-11/h5-7,10H,4,8-9H2,1-3H3,(H,15,19). The highest BCUT2D eigenvalue weighted by atomic mass is 16.5. The molecule has 7 nitrogen and oxygen atoms in total. The smallest absolute Gasteiger partial charge is 0.241 e. The Bertz CT molecular complexity index is 563. The summed E-state index contributed by atoms with van der Waals surface area (Å²) in [6.07, 6.45) is 1.56. The summed E-state index contributed by atoms with van der Waals surface area (Å²) in [5.74, 6) is 1.42. The van der Waals surface area contributed by atoms with Gasteiger partial charge in [0.1, 0.15) is 0 Å². The van der Waals surface area contributed by atoms with Gasteiger partial charge < -0.3 is 14.3 Å². The minimum atomic E-state index is -0.0161. The summed E-state index contributed by atoms with van der Waals surface area (Å²) in [5, 5.41) is 6.73. The number of hydrogen-bond acceptors (Lipinski definition) is 6. The van der Waals surface area contributed by atoms with E-state index in [4.69, 9.17) is 8.94 Å². The van der Waals surface area contributed by atoms with Crippen LogP contribution in [-0.4, -0.2) is 40.1 Å². The summed E-state index contributed by atoms with van der Waals surface area (Å²) in [7, 11) is 0. The van der Waals surface area contributed by atoms with Crippen LogP contribution < -0.4 is 5.32 Å². The van der Waals surface area contributed by atoms with Crippen molar-refractivity contribution in [3.8, 4) is 11.6 Å². The van der Waals surface area contributed by atoms with E-state index >= 15 is 0 Å². The van der Waals surface area contributed by atoms with Crippen LogP contribution in [0.5, 0.6) is 0 Å². The van der Waals surface area contributed by atoms with Gasteiger partial charge in [-0.3, -0.25) is 9.69 Å². The molecule has 114 valence electrons. The first-order valence-corrected chi connectivity index (χ1v) is 6.96. The van der Waals surface area contributed by atoms with E-state index in [0.717, 1.165) is 0 Å².